The third kappa shape index (κ3) is 6.51. The highest BCUT2D eigenvalue weighted by molar-refractivity contribution is 5.87. The number of hydrogen-bond donors (Lipinski definition) is 1. The van der Waals surface area contributed by atoms with Crippen molar-refractivity contribution in [3.63, 3.8) is 0 Å². The minimum atomic E-state index is 0.833. The Morgan fingerprint density at radius 2 is 1.68 bits per heavy atom. The maximum Gasteiger partial charge on any atom is 0.124 e. The molecule has 154 valence electrons. The number of fused-ring (bicyclic) bond motifs is 1. The summed E-state index contributed by atoms with van der Waals surface area (Å²) >= 11 is 0. The van der Waals surface area contributed by atoms with Crippen molar-refractivity contribution in [2.75, 3.05) is 13.2 Å². The second-order valence-electron chi connectivity index (χ2n) is 8.51. The number of ether oxygens (including phenoxy) is 1. The Labute approximate surface area is 172 Å². The van der Waals surface area contributed by atoms with Gasteiger partial charge in [0.2, 0.25) is 0 Å². The molecule has 0 spiro atoms. The van der Waals surface area contributed by atoms with E-state index >= 15 is 0 Å². The van der Waals surface area contributed by atoms with Gasteiger partial charge in [0.15, 0.2) is 0 Å². The van der Waals surface area contributed by atoms with Gasteiger partial charge in [-0.05, 0) is 48.6 Å². The lowest BCUT2D eigenvalue weighted by Crippen LogP contribution is -2.24. The van der Waals surface area contributed by atoms with Gasteiger partial charge in [-0.3, -0.25) is 0 Å². The van der Waals surface area contributed by atoms with Gasteiger partial charge < -0.3 is 10.1 Å². The SMILES string of the molecule is CCCCCCCCOc1ccc2ccccc2c1CNCC1CCCCC1. The summed E-state index contributed by atoms with van der Waals surface area (Å²) in [6, 6.07) is 13.1. The fraction of sp³-hybridized carbons (Fsp3) is 0.615. The van der Waals surface area contributed by atoms with Crippen LogP contribution in [0.15, 0.2) is 36.4 Å². The minimum absolute atomic E-state index is 0.833. The summed E-state index contributed by atoms with van der Waals surface area (Å²) in [7, 11) is 0. The molecule has 0 unspecified atom stereocenters. The first-order valence-electron chi connectivity index (χ1n) is 11.7. The second kappa shape index (κ2) is 12.1. The average Bonchev–Trinajstić information content (AvgIpc) is 2.75. The summed E-state index contributed by atoms with van der Waals surface area (Å²) < 4.78 is 6.25. The van der Waals surface area contributed by atoms with Gasteiger partial charge in [-0.25, -0.2) is 0 Å². The zero-order valence-electron chi connectivity index (χ0n) is 17.8. The van der Waals surface area contributed by atoms with Crippen LogP contribution in [0.5, 0.6) is 5.75 Å². The molecule has 0 bridgehead atoms. The highest BCUT2D eigenvalue weighted by Gasteiger charge is 2.14. The quantitative estimate of drug-likeness (QED) is 0.391. The molecule has 2 aromatic rings. The van der Waals surface area contributed by atoms with Crippen LogP contribution >= 0.6 is 0 Å². The van der Waals surface area contributed by atoms with E-state index in [1.54, 1.807) is 0 Å². The Morgan fingerprint density at radius 3 is 2.54 bits per heavy atom. The highest BCUT2D eigenvalue weighted by Crippen LogP contribution is 2.29. The molecule has 2 heteroatoms. The molecule has 1 aliphatic rings. The smallest absolute Gasteiger partial charge is 0.124 e. The number of rotatable bonds is 12. The van der Waals surface area contributed by atoms with Gasteiger partial charge in [0.25, 0.3) is 0 Å². The molecule has 28 heavy (non-hydrogen) atoms. The molecule has 3 rings (SSSR count). The van der Waals surface area contributed by atoms with Crippen molar-refractivity contribution in [1.82, 2.24) is 5.32 Å². The van der Waals surface area contributed by atoms with E-state index in [0.29, 0.717) is 0 Å². The first-order valence-corrected chi connectivity index (χ1v) is 11.7. The summed E-state index contributed by atoms with van der Waals surface area (Å²) in [5, 5.41) is 6.39. The van der Waals surface area contributed by atoms with E-state index in [9.17, 15) is 0 Å². The maximum absolute atomic E-state index is 6.25. The third-order valence-electron chi connectivity index (χ3n) is 6.21. The molecule has 0 aliphatic heterocycles. The van der Waals surface area contributed by atoms with Crippen molar-refractivity contribution in [3.05, 3.63) is 42.0 Å². The predicted octanol–water partition coefficient (Wildman–Crippen LogP) is 7.25. The van der Waals surface area contributed by atoms with Gasteiger partial charge >= 0.3 is 0 Å². The van der Waals surface area contributed by atoms with Crippen LogP contribution in [0, 0.1) is 5.92 Å². The normalized spacial score (nSPS) is 15.2. The van der Waals surface area contributed by atoms with Crippen LogP contribution in [0.3, 0.4) is 0 Å². The van der Waals surface area contributed by atoms with E-state index < -0.39 is 0 Å². The van der Waals surface area contributed by atoms with Crippen molar-refractivity contribution in [2.24, 2.45) is 5.92 Å². The third-order valence-corrected chi connectivity index (χ3v) is 6.21. The molecule has 0 aromatic heterocycles. The Morgan fingerprint density at radius 1 is 0.893 bits per heavy atom. The molecule has 0 radical (unpaired) electrons. The molecule has 0 heterocycles. The monoisotopic (exact) mass is 381 g/mol. The van der Waals surface area contributed by atoms with Gasteiger partial charge in [0.1, 0.15) is 5.75 Å². The van der Waals surface area contributed by atoms with Crippen LogP contribution < -0.4 is 10.1 Å². The van der Waals surface area contributed by atoms with Crippen LogP contribution in [0.25, 0.3) is 10.8 Å². The Balaban J connectivity index is 1.56. The van der Waals surface area contributed by atoms with E-state index in [1.165, 1.54) is 80.5 Å². The van der Waals surface area contributed by atoms with E-state index in [-0.39, 0.29) is 0 Å². The molecule has 2 nitrogen and oxygen atoms in total. The first kappa shape index (κ1) is 21.2. The van der Waals surface area contributed by atoms with E-state index in [1.807, 2.05) is 0 Å². The van der Waals surface area contributed by atoms with Gasteiger partial charge in [0, 0.05) is 12.1 Å². The standard InChI is InChI=1S/C26H39NO/c1-2-3-4-5-6-12-19-28-26-18-17-23-15-10-11-16-24(23)25(26)21-27-20-22-13-8-7-9-14-22/h10-11,15-18,22,27H,2-9,12-14,19-21H2,1H3. The molecular formula is C26H39NO. The minimum Gasteiger partial charge on any atom is -0.493 e. The molecule has 1 aliphatic carbocycles. The van der Waals surface area contributed by atoms with Crippen molar-refractivity contribution < 1.29 is 4.74 Å². The summed E-state index contributed by atoms with van der Waals surface area (Å²) in [5.74, 6) is 1.93. The average molecular weight is 382 g/mol. The maximum atomic E-state index is 6.25. The van der Waals surface area contributed by atoms with Crippen molar-refractivity contribution in [3.8, 4) is 5.75 Å². The molecule has 2 aromatic carbocycles. The molecule has 1 fully saturated rings. The molecule has 1 saturated carbocycles. The highest BCUT2D eigenvalue weighted by atomic mass is 16.5. The Kier molecular flexibility index (Phi) is 9.16. The summed E-state index contributed by atoms with van der Waals surface area (Å²) in [6.45, 7) is 5.15. The number of hydrogen-bond acceptors (Lipinski definition) is 2. The number of benzene rings is 2. The zero-order valence-corrected chi connectivity index (χ0v) is 17.8. The lowest BCUT2D eigenvalue weighted by atomic mass is 9.89. The van der Waals surface area contributed by atoms with E-state index in [2.05, 4.69) is 48.6 Å². The fourth-order valence-corrected chi connectivity index (χ4v) is 4.49. The van der Waals surface area contributed by atoms with Crippen molar-refractivity contribution in [1.29, 1.82) is 0 Å². The van der Waals surface area contributed by atoms with Crippen LogP contribution in [0.2, 0.25) is 0 Å². The molecule has 0 atom stereocenters. The number of unbranched alkanes of at least 4 members (excludes halogenated alkanes) is 5. The first-order chi connectivity index (χ1) is 13.9. The molecule has 0 amide bonds. The summed E-state index contributed by atoms with van der Waals surface area (Å²) in [5.41, 5.74) is 1.33. The Bertz CT molecular complexity index is 690. The molecule has 0 saturated heterocycles. The van der Waals surface area contributed by atoms with Gasteiger partial charge in [0.05, 0.1) is 6.61 Å². The summed E-state index contributed by atoms with van der Waals surface area (Å²) in [4.78, 5) is 0. The molecular weight excluding hydrogens is 342 g/mol. The lowest BCUT2D eigenvalue weighted by molar-refractivity contribution is 0.299. The topological polar surface area (TPSA) is 21.3 Å². The van der Waals surface area contributed by atoms with Crippen molar-refractivity contribution in [2.45, 2.75) is 84.1 Å². The summed E-state index contributed by atoms with van der Waals surface area (Å²) in [6.07, 6.45) is 14.8. The van der Waals surface area contributed by atoms with Crippen LogP contribution in [0.4, 0.5) is 0 Å². The molecule has 1 N–H and O–H groups in total. The Hall–Kier alpha value is -1.54. The van der Waals surface area contributed by atoms with E-state index in [0.717, 1.165) is 37.8 Å². The predicted molar refractivity (Wildman–Crippen MR) is 121 cm³/mol. The van der Waals surface area contributed by atoms with Gasteiger partial charge in [-0.1, -0.05) is 88.6 Å². The van der Waals surface area contributed by atoms with Gasteiger partial charge in [-0.2, -0.15) is 0 Å². The second-order valence-corrected chi connectivity index (χ2v) is 8.51. The zero-order chi connectivity index (χ0) is 19.4. The fourth-order valence-electron chi connectivity index (χ4n) is 4.49. The van der Waals surface area contributed by atoms with Crippen molar-refractivity contribution >= 4 is 10.8 Å². The number of nitrogens with one attached hydrogen (secondary N) is 1. The van der Waals surface area contributed by atoms with Crippen LogP contribution in [0.1, 0.15) is 83.1 Å². The lowest BCUT2D eigenvalue weighted by Gasteiger charge is -2.22. The van der Waals surface area contributed by atoms with E-state index in [4.69, 9.17) is 4.74 Å². The largest absolute Gasteiger partial charge is 0.493 e. The van der Waals surface area contributed by atoms with Crippen LogP contribution in [-0.4, -0.2) is 13.2 Å². The van der Waals surface area contributed by atoms with Gasteiger partial charge in [-0.15, -0.1) is 0 Å². The van der Waals surface area contributed by atoms with Crippen LogP contribution in [-0.2, 0) is 6.54 Å².